The Bertz CT molecular complexity index is 199. The quantitative estimate of drug-likeness (QED) is 0.344. The number of hydrogen-bond acceptors (Lipinski definition) is 6. The monoisotopic (exact) mass is 319 g/mol. The number of rotatable bonds is 17. The lowest BCUT2D eigenvalue weighted by Crippen LogP contribution is -2.38. The van der Waals surface area contributed by atoms with Crippen molar-refractivity contribution in [3.8, 4) is 0 Å². The molecule has 6 nitrogen and oxygen atoms in total. The molecule has 0 atom stereocenters. The van der Waals surface area contributed by atoms with Crippen molar-refractivity contribution >= 4 is 0 Å². The van der Waals surface area contributed by atoms with Gasteiger partial charge in [0, 0.05) is 25.2 Å². The van der Waals surface area contributed by atoms with E-state index in [9.17, 15) is 0 Å². The maximum absolute atomic E-state index is 5.82. The molecule has 0 aromatic carbocycles. The molecule has 0 saturated carbocycles. The summed E-state index contributed by atoms with van der Waals surface area (Å²) >= 11 is 0. The normalized spacial score (nSPS) is 12.0. The Labute approximate surface area is 136 Å². The minimum absolute atomic E-state index is 0.0907. The highest BCUT2D eigenvalue weighted by Gasteiger charge is 2.30. The van der Waals surface area contributed by atoms with Gasteiger partial charge in [0.2, 0.25) is 0 Å². The van der Waals surface area contributed by atoms with Crippen LogP contribution in [-0.2, 0) is 14.2 Å². The van der Waals surface area contributed by atoms with E-state index < -0.39 is 0 Å². The Morgan fingerprint density at radius 2 is 1.05 bits per heavy atom. The molecule has 0 amide bonds. The molecule has 0 aliphatic carbocycles. The van der Waals surface area contributed by atoms with Gasteiger partial charge in [-0.1, -0.05) is 13.3 Å². The number of hydrogen-bond donors (Lipinski definition) is 3. The largest absolute Gasteiger partial charge is 0.381 e. The molecule has 0 aliphatic rings. The van der Waals surface area contributed by atoms with Crippen molar-refractivity contribution in [3.63, 3.8) is 0 Å². The fraction of sp³-hybridized carbons (Fsp3) is 1.00. The van der Waals surface area contributed by atoms with E-state index in [4.69, 9.17) is 31.4 Å². The molecule has 0 rings (SSSR count). The van der Waals surface area contributed by atoms with E-state index in [1.165, 1.54) is 0 Å². The molecule has 22 heavy (non-hydrogen) atoms. The van der Waals surface area contributed by atoms with E-state index in [2.05, 4.69) is 6.92 Å². The summed E-state index contributed by atoms with van der Waals surface area (Å²) in [5.41, 5.74) is 16.4. The maximum Gasteiger partial charge on any atom is 0.0566 e. The van der Waals surface area contributed by atoms with Crippen LogP contribution in [0.2, 0.25) is 0 Å². The highest BCUT2D eigenvalue weighted by atomic mass is 16.5. The number of ether oxygens (including phenoxy) is 3. The van der Waals surface area contributed by atoms with E-state index in [1.807, 2.05) is 0 Å². The zero-order valence-electron chi connectivity index (χ0n) is 14.4. The van der Waals surface area contributed by atoms with E-state index in [1.54, 1.807) is 0 Å². The van der Waals surface area contributed by atoms with Crippen LogP contribution in [0.25, 0.3) is 0 Å². The third-order valence-electron chi connectivity index (χ3n) is 3.48. The van der Waals surface area contributed by atoms with Gasteiger partial charge in [-0.15, -0.1) is 0 Å². The zero-order valence-corrected chi connectivity index (χ0v) is 14.4. The van der Waals surface area contributed by atoms with Gasteiger partial charge in [0.1, 0.15) is 0 Å². The molecule has 0 bridgehead atoms. The zero-order chi connectivity index (χ0) is 16.5. The molecule has 6 N–H and O–H groups in total. The lowest BCUT2D eigenvalue weighted by Gasteiger charge is -2.33. The second kappa shape index (κ2) is 15.6. The van der Waals surface area contributed by atoms with E-state index in [-0.39, 0.29) is 5.41 Å². The minimum atomic E-state index is -0.0907. The van der Waals surface area contributed by atoms with Crippen molar-refractivity contribution in [2.24, 2.45) is 22.6 Å². The van der Waals surface area contributed by atoms with Crippen LogP contribution in [0, 0.1) is 5.41 Å². The molecule has 0 radical (unpaired) electrons. The first-order valence-electron chi connectivity index (χ1n) is 8.58. The molecule has 134 valence electrons. The predicted molar refractivity (Wildman–Crippen MR) is 90.8 cm³/mol. The summed E-state index contributed by atoms with van der Waals surface area (Å²) in [7, 11) is 0. The van der Waals surface area contributed by atoms with Crippen molar-refractivity contribution in [3.05, 3.63) is 0 Å². The third-order valence-corrected chi connectivity index (χ3v) is 3.48. The summed E-state index contributed by atoms with van der Waals surface area (Å²) in [6.45, 7) is 8.13. The van der Waals surface area contributed by atoms with Gasteiger partial charge in [-0.25, -0.2) is 0 Å². The average molecular weight is 319 g/mol. The van der Waals surface area contributed by atoms with Crippen LogP contribution in [0.1, 0.15) is 39.0 Å². The first-order chi connectivity index (χ1) is 10.7. The van der Waals surface area contributed by atoms with Crippen LogP contribution in [-0.4, -0.2) is 59.3 Å². The SMILES string of the molecule is CCCC(COCCCN)(COCCCN)COCCCN. The topological polar surface area (TPSA) is 106 Å². The molecule has 0 spiro atoms. The molecule has 0 aromatic heterocycles. The van der Waals surface area contributed by atoms with Gasteiger partial charge >= 0.3 is 0 Å². The summed E-state index contributed by atoms with van der Waals surface area (Å²) in [5.74, 6) is 0. The molecule has 0 aliphatic heterocycles. The first kappa shape index (κ1) is 21.8. The standard InChI is InChI=1S/C16H37N3O3/c1-2-6-16(13-20-10-3-7-17,14-21-11-4-8-18)15-22-12-5-9-19/h2-15,17-19H2,1H3. The van der Waals surface area contributed by atoms with Crippen molar-refractivity contribution < 1.29 is 14.2 Å². The second-order valence-corrected chi connectivity index (χ2v) is 5.83. The summed E-state index contributed by atoms with van der Waals surface area (Å²) in [6, 6.07) is 0. The Balaban J connectivity index is 4.39. The van der Waals surface area contributed by atoms with Crippen LogP contribution in [0.5, 0.6) is 0 Å². The van der Waals surface area contributed by atoms with Crippen molar-refractivity contribution in [1.82, 2.24) is 0 Å². The van der Waals surface area contributed by atoms with Crippen LogP contribution in [0.3, 0.4) is 0 Å². The summed E-state index contributed by atoms with van der Waals surface area (Å²) < 4.78 is 17.5. The summed E-state index contributed by atoms with van der Waals surface area (Å²) in [4.78, 5) is 0. The lowest BCUT2D eigenvalue weighted by atomic mass is 9.86. The van der Waals surface area contributed by atoms with Crippen LogP contribution < -0.4 is 17.2 Å². The van der Waals surface area contributed by atoms with E-state index in [0.29, 0.717) is 59.3 Å². The van der Waals surface area contributed by atoms with Gasteiger partial charge in [0.15, 0.2) is 0 Å². The summed E-state index contributed by atoms with van der Waals surface area (Å²) in [5, 5.41) is 0. The van der Waals surface area contributed by atoms with Crippen molar-refractivity contribution in [2.45, 2.75) is 39.0 Å². The highest BCUT2D eigenvalue weighted by Crippen LogP contribution is 2.26. The van der Waals surface area contributed by atoms with Gasteiger partial charge < -0.3 is 31.4 Å². The molecule has 6 heteroatoms. The maximum atomic E-state index is 5.82. The molecule has 0 aromatic rings. The molecular weight excluding hydrogens is 282 g/mol. The Kier molecular flexibility index (Phi) is 15.5. The van der Waals surface area contributed by atoms with Crippen molar-refractivity contribution in [1.29, 1.82) is 0 Å². The van der Waals surface area contributed by atoms with Gasteiger partial charge in [-0.05, 0) is 45.3 Å². The third kappa shape index (κ3) is 11.3. The van der Waals surface area contributed by atoms with Crippen molar-refractivity contribution in [2.75, 3.05) is 59.3 Å². The highest BCUT2D eigenvalue weighted by molar-refractivity contribution is 4.79. The molecule has 0 unspecified atom stereocenters. The van der Waals surface area contributed by atoms with Crippen LogP contribution in [0.4, 0.5) is 0 Å². The lowest BCUT2D eigenvalue weighted by molar-refractivity contribution is -0.0743. The molecule has 0 fully saturated rings. The Morgan fingerprint density at radius 1 is 0.682 bits per heavy atom. The summed E-state index contributed by atoms with van der Waals surface area (Å²) in [6.07, 6.45) is 4.72. The fourth-order valence-corrected chi connectivity index (χ4v) is 2.29. The van der Waals surface area contributed by atoms with Crippen LogP contribution in [0.15, 0.2) is 0 Å². The number of nitrogens with two attached hydrogens (primary N) is 3. The molecule has 0 heterocycles. The van der Waals surface area contributed by atoms with Gasteiger partial charge in [0.05, 0.1) is 19.8 Å². The second-order valence-electron chi connectivity index (χ2n) is 5.83. The molecule has 0 saturated heterocycles. The average Bonchev–Trinajstić information content (AvgIpc) is 2.53. The van der Waals surface area contributed by atoms with Crippen LogP contribution >= 0.6 is 0 Å². The van der Waals surface area contributed by atoms with E-state index >= 15 is 0 Å². The predicted octanol–water partition coefficient (Wildman–Crippen LogP) is 0.869. The van der Waals surface area contributed by atoms with E-state index in [0.717, 1.165) is 32.1 Å². The van der Waals surface area contributed by atoms with Gasteiger partial charge in [0.25, 0.3) is 0 Å². The van der Waals surface area contributed by atoms with Gasteiger partial charge in [-0.2, -0.15) is 0 Å². The first-order valence-corrected chi connectivity index (χ1v) is 8.58. The minimum Gasteiger partial charge on any atom is -0.381 e. The molecular formula is C16H37N3O3. The van der Waals surface area contributed by atoms with Gasteiger partial charge in [-0.3, -0.25) is 0 Å². The Morgan fingerprint density at radius 3 is 1.32 bits per heavy atom. The fourth-order valence-electron chi connectivity index (χ4n) is 2.29. The Hall–Kier alpha value is -0.240. The smallest absolute Gasteiger partial charge is 0.0566 e.